The maximum atomic E-state index is 11.8. The normalized spacial score (nSPS) is 10.1. The first-order valence-electron chi connectivity index (χ1n) is 6.25. The molecule has 20 heavy (non-hydrogen) atoms. The summed E-state index contributed by atoms with van der Waals surface area (Å²) in [6, 6.07) is 4.01. The van der Waals surface area contributed by atoms with E-state index in [9.17, 15) is 4.79 Å². The summed E-state index contributed by atoms with van der Waals surface area (Å²) in [5.74, 6) is 0.476. The molecule has 0 fully saturated rings. The highest BCUT2D eigenvalue weighted by Gasteiger charge is 2.05. The van der Waals surface area contributed by atoms with E-state index < -0.39 is 0 Å². The van der Waals surface area contributed by atoms with Crippen LogP contribution in [0.15, 0.2) is 30.7 Å². The lowest BCUT2D eigenvalue weighted by molar-refractivity contribution is -0.116. The molecule has 0 unspecified atom stereocenters. The van der Waals surface area contributed by atoms with Crippen molar-refractivity contribution in [3.63, 3.8) is 0 Å². The molecule has 0 saturated heterocycles. The zero-order valence-electron chi connectivity index (χ0n) is 11.5. The van der Waals surface area contributed by atoms with Gasteiger partial charge in [0.05, 0.1) is 7.11 Å². The van der Waals surface area contributed by atoms with Gasteiger partial charge in [-0.2, -0.15) is 0 Å². The van der Waals surface area contributed by atoms with Crippen molar-refractivity contribution in [3.8, 4) is 6.01 Å². The largest absolute Gasteiger partial charge is 0.467 e. The summed E-state index contributed by atoms with van der Waals surface area (Å²) >= 11 is 0. The van der Waals surface area contributed by atoms with E-state index in [-0.39, 0.29) is 5.91 Å². The standard InChI is InChI=1S/C14H16N4O2/c1-10-3-5-12(15-7-10)18-13(19)6-4-11-8-16-14(20-2)17-9-11/h3,5,7-9H,4,6H2,1-2H3,(H,15,18,19). The van der Waals surface area contributed by atoms with Crippen LogP contribution in [-0.4, -0.2) is 28.0 Å². The number of carbonyl (C=O) groups excluding carboxylic acids is 1. The van der Waals surface area contributed by atoms with Crippen LogP contribution >= 0.6 is 0 Å². The van der Waals surface area contributed by atoms with E-state index in [0.717, 1.165) is 11.1 Å². The van der Waals surface area contributed by atoms with Crippen molar-refractivity contribution in [2.45, 2.75) is 19.8 Å². The van der Waals surface area contributed by atoms with Crippen molar-refractivity contribution in [2.75, 3.05) is 12.4 Å². The molecular weight excluding hydrogens is 256 g/mol. The number of pyridine rings is 1. The third-order valence-corrected chi connectivity index (χ3v) is 2.68. The highest BCUT2D eigenvalue weighted by molar-refractivity contribution is 5.89. The molecular formula is C14H16N4O2. The molecule has 0 aliphatic rings. The van der Waals surface area contributed by atoms with Gasteiger partial charge in [-0.15, -0.1) is 0 Å². The first-order valence-corrected chi connectivity index (χ1v) is 6.25. The van der Waals surface area contributed by atoms with Crippen LogP contribution in [0.3, 0.4) is 0 Å². The number of hydrogen-bond donors (Lipinski definition) is 1. The molecule has 6 heteroatoms. The fourth-order valence-electron chi connectivity index (χ4n) is 1.58. The number of ether oxygens (including phenoxy) is 1. The lowest BCUT2D eigenvalue weighted by Gasteiger charge is -2.05. The molecule has 2 aromatic rings. The third-order valence-electron chi connectivity index (χ3n) is 2.68. The molecule has 0 saturated carbocycles. The fraction of sp³-hybridized carbons (Fsp3) is 0.286. The Morgan fingerprint density at radius 2 is 1.95 bits per heavy atom. The van der Waals surface area contributed by atoms with Crippen molar-refractivity contribution in [1.29, 1.82) is 0 Å². The molecule has 1 amide bonds. The van der Waals surface area contributed by atoms with Gasteiger partial charge in [-0.1, -0.05) is 6.07 Å². The topological polar surface area (TPSA) is 77.0 Å². The molecule has 1 N–H and O–H groups in total. The maximum Gasteiger partial charge on any atom is 0.316 e. The van der Waals surface area contributed by atoms with E-state index in [1.165, 1.54) is 7.11 Å². The van der Waals surface area contributed by atoms with Crippen LogP contribution in [0.25, 0.3) is 0 Å². The van der Waals surface area contributed by atoms with Gasteiger partial charge in [-0.05, 0) is 30.5 Å². The van der Waals surface area contributed by atoms with Gasteiger partial charge in [-0.3, -0.25) is 4.79 Å². The van der Waals surface area contributed by atoms with Crippen molar-refractivity contribution < 1.29 is 9.53 Å². The molecule has 0 spiro atoms. The Kier molecular flexibility index (Phi) is 4.60. The van der Waals surface area contributed by atoms with Crippen LogP contribution in [-0.2, 0) is 11.2 Å². The SMILES string of the molecule is COc1ncc(CCC(=O)Nc2ccc(C)cn2)cn1. The molecule has 0 bridgehead atoms. The lowest BCUT2D eigenvalue weighted by atomic mass is 10.2. The number of hydrogen-bond acceptors (Lipinski definition) is 5. The number of aryl methyl sites for hydroxylation is 2. The van der Waals surface area contributed by atoms with Crippen molar-refractivity contribution in [1.82, 2.24) is 15.0 Å². The smallest absolute Gasteiger partial charge is 0.316 e. The predicted octanol–water partition coefficient (Wildman–Crippen LogP) is 1.76. The number of amides is 1. The van der Waals surface area contributed by atoms with Gasteiger partial charge in [0.1, 0.15) is 5.82 Å². The molecule has 104 valence electrons. The zero-order valence-corrected chi connectivity index (χ0v) is 11.5. The molecule has 2 aromatic heterocycles. The molecule has 0 atom stereocenters. The van der Waals surface area contributed by atoms with Gasteiger partial charge in [0, 0.05) is 25.0 Å². The first kappa shape index (κ1) is 13.9. The second kappa shape index (κ2) is 6.60. The number of carbonyl (C=O) groups is 1. The summed E-state index contributed by atoms with van der Waals surface area (Å²) in [4.78, 5) is 23.9. The Labute approximate surface area is 117 Å². The molecule has 6 nitrogen and oxygen atoms in total. The van der Waals surface area contributed by atoms with E-state index in [1.807, 2.05) is 13.0 Å². The van der Waals surface area contributed by atoms with Gasteiger partial charge >= 0.3 is 6.01 Å². The molecule has 0 aliphatic carbocycles. The second-order valence-electron chi connectivity index (χ2n) is 4.35. The van der Waals surface area contributed by atoms with E-state index in [1.54, 1.807) is 24.7 Å². The number of rotatable bonds is 5. The molecule has 0 aliphatic heterocycles. The van der Waals surface area contributed by atoms with E-state index in [4.69, 9.17) is 4.74 Å². The summed E-state index contributed by atoms with van der Waals surface area (Å²) in [6.45, 7) is 1.95. The summed E-state index contributed by atoms with van der Waals surface area (Å²) in [6.07, 6.45) is 5.95. The van der Waals surface area contributed by atoms with Crippen LogP contribution in [0.1, 0.15) is 17.5 Å². The number of anilines is 1. The van der Waals surface area contributed by atoms with Crippen LogP contribution in [0.2, 0.25) is 0 Å². The van der Waals surface area contributed by atoms with E-state index in [0.29, 0.717) is 24.7 Å². The number of nitrogens with one attached hydrogen (secondary N) is 1. The Balaban J connectivity index is 1.83. The Hall–Kier alpha value is -2.50. The van der Waals surface area contributed by atoms with Crippen LogP contribution < -0.4 is 10.1 Å². The minimum atomic E-state index is -0.0860. The number of methoxy groups -OCH3 is 1. The van der Waals surface area contributed by atoms with Gasteiger partial charge in [0.2, 0.25) is 5.91 Å². The Morgan fingerprint density at radius 1 is 1.20 bits per heavy atom. The monoisotopic (exact) mass is 272 g/mol. The number of nitrogens with zero attached hydrogens (tertiary/aromatic N) is 3. The highest BCUT2D eigenvalue weighted by atomic mass is 16.5. The average Bonchev–Trinajstić information content (AvgIpc) is 2.48. The van der Waals surface area contributed by atoms with Crippen molar-refractivity contribution >= 4 is 11.7 Å². The molecule has 2 rings (SSSR count). The Morgan fingerprint density at radius 3 is 2.55 bits per heavy atom. The summed E-state index contributed by atoms with van der Waals surface area (Å²) in [5.41, 5.74) is 1.94. The minimum absolute atomic E-state index is 0.0860. The maximum absolute atomic E-state index is 11.8. The molecule has 0 radical (unpaired) electrons. The van der Waals surface area contributed by atoms with Crippen LogP contribution in [0.4, 0.5) is 5.82 Å². The molecule has 2 heterocycles. The summed E-state index contributed by atoms with van der Waals surface area (Å²) < 4.78 is 4.87. The Bertz CT molecular complexity index is 567. The van der Waals surface area contributed by atoms with Crippen molar-refractivity contribution in [2.24, 2.45) is 0 Å². The zero-order chi connectivity index (χ0) is 14.4. The summed E-state index contributed by atoms with van der Waals surface area (Å²) in [7, 11) is 1.51. The lowest BCUT2D eigenvalue weighted by Crippen LogP contribution is -2.13. The minimum Gasteiger partial charge on any atom is -0.467 e. The van der Waals surface area contributed by atoms with E-state index >= 15 is 0 Å². The van der Waals surface area contributed by atoms with Gasteiger partial charge in [0.15, 0.2) is 0 Å². The summed E-state index contributed by atoms with van der Waals surface area (Å²) in [5, 5.41) is 2.75. The highest BCUT2D eigenvalue weighted by Crippen LogP contribution is 2.07. The fourth-order valence-corrected chi connectivity index (χ4v) is 1.58. The quantitative estimate of drug-likeness (QED) is 0.897. The van der Waals surface area contributed by atoms with Crippen molar-refractivity contribution in [3.05, 3.63) is 41.9 Å². The first-order chi connectivity index (χ1) is 9.67. The molecule has 0 aromatic carbocycles. The second-order valence-corrected chi connectivity index (χ2v) is 4.35. The predicted molar refractivity (Wildman–Crippen MR) is 74.5 cm³/mol. The van der Waals surface area contributed by atoms with Gasteiger partial charge in [-0.25, -0.2) is 15.0 Å². The number of aromatic nitrogens is 3. The van der Waals surface area contributed by atoms with E-state index in [2.05, 4.69) is 20.3 Å². The average molecular weight is 272 g/mol. The van der Waals surface area contributed by atoms with Gasteiger partial charge < -0.3 is 10.1 Å². The van der Waals surface area contributed by atoms with Crippen LogP contribution in [0.5, 0.6) is 6.01 Å². The van der Waals surface area contributed by atoms with Gasteiger partial charge in [0.25, 0.3) is 0 Å². The van der Waals surface area contributed by atoms with Crippen LogP contribution in [0, 0.1) is 6.92 Å². The third kappa shape index (κ3) is 4.01.